The van der Waals surface area contributed by atoms with Crippen molar-refractivity contribution in [3.63, 3.8) is 0 Å². The number of hydrogen-bond acceptors (Lipinski definition) is 6. The van der Waals surface area contributed by atoms with Crippen molar-refractivity contribution in [3.05, 3.63) is 66.8 Å². The summed E-state index contributed by atoms with van der Waals surface area (Å²) in [6, 6.07) is 7.33. The molecule has 0 radical (unpaired) electrons. The summed E-state index contributed by atoms with van der Waals surface area (Å²) in [5.74, 6) is -0.0719. The molecule has 5 aromatic rings. The molecule has 0 aliphatic heterocycles. The zero-order valence-corrected chi connectivity index (χ0v) is 15.4. The Labute approximate surface area is 164 Å². The summed E-state index contributed by atoms with van der Waals surface area (Å²) in [6.45, 7) is 1.85. The Kier molecular flexibility index (Phi) is 3.98. The van der Waals surface area contributed by atoms with Gasteiger partial charge in [-0.05, 0) is 31.2 Å². The van der Waals surface area contributed by atoms with E-state index in [0.29, 0.717) is 11.2 Å². The largest absolute Gasteiger partial charge is 0.341 e. The normalized spacial score (nSPS) is 12.3. The molecule has 0 spiro atoms. The van der Waals surface area contributed by atoms with Gasteiger partial charge in [0.15, 0.2) is 5.82 Å². The number of hydrogen-bond donors (Lipinski definition) is 3. The third kappa shape index (κ3) is 3.08. The van der Waals surface area contributed by atoms with Crippen LogP contribution < -0.4 is 5.32 Å². The molecule has 1 amide bonds. The molecule has 142 valence electrons. The molecule has 5 rings (SSSR count). The van der Waals surface area contributed by atoms with Crippen LogP contribution in [0.15, 0.2) is 55.2 Å². The molecule has 0 bridgehead atoms. The van der Waals surface area contributed by atoms with E-state index in [1.165, 1.54) is 0 Å². The number of fused-ring (bicyclic) bond motifs is 2. The van der Waals surface area contributed by atoms with Crippen LogP contribution in [0.5, 0.6) is 0 Å². The van der Waals surface area contributed by atoms with Gasteiger partial charge in [-0.15, -0.1) is 0 Å². The summed E-state index contributed by atoms with van der Waals surface area (Å²) in [7, 11) is 0. The Morgan fingerprint density at radius 2 is 1.93 bits per heavy atom. The average Bonchev–Trinajstić information content (AvgIpc) is 3.36. The van der Waals surface area contributed by atoms with Crippen molar-refractivity contribution < 1.29 is 4.79 Å². The fourth-order valence-electron chi connectivity index (χ4n) is 3.23. The molecule has 4 aromatic heterocycles. The van der Waals surface area contributed by atoms with Crippen molar-refractivity contribution in [2.45, 2.75) is 13.0 Å². The summed E-state index contributed by atoms with van der Waals surface area (Å²) in [6.07, 6.45) is 8.26. The Hall–Kier alpha value is -4.14. The van der Waals surface area contributed by atoms with Gasteiger partial charge in [0.2, 0.25) is 0 Å². The summed E-state index contributed by atoms with van der Waals surface area (Å²) in [5.41, 5.74) is 4.74. The SMILES string of the molecule is CC(NC(=O)c1nc2cc3c(-c4ccncc4)n[nH]c3cc2[nH]1)c1cnccn1. The van der Waals surface area contributed by atoms with Crippen LogP contribution in [0.3, 0.4) is 0 Å². The van der Waals surface area contributed by atoms with E-state index in [1.807, 2.05) is 31.2 Å². The average molecular weight is 384 g/mol. The Morgan fingerprint density at radius 1 is 1.07 bits per heavy atom. The number of H-pyrrole nitrogens is 2. The molecule has 4 heterocycles. The minimum absolute atomic E-state index is 0.238. The van der Waals surface area contributed by atoms with Gasteiger partial charge in [0.05, 0.1) is 34.5 Å². The Balaban J connectivity index is 1.48. The monoisotopic (exact) mass is 384 g/mol. The first-order valence-corrected chi connectivity index (χ1v) is 9.04. The molecule has 9 nitrogen and oxygen atoms in total. The highest BCUT2D eigenvalue weighted by Gasteiger charge is 2.17. The number of amides is 1. The number of carbonyl (C=O) groups is 1. The van der Waals surface area contributed by atoms with Crippen LogP contribution in [-0.4, -0.2) is 41.0 Å². The smallest absolute Gasteiger partial charge is 0.287 e. The lowest BCUT2D eigenvalue weighted by Crippen LogP contribution is -2.28. The number of nitrogens with one attached hydrogen (secondary N) is 3. The molecule has 0 saturated carbocycles. The molecule has 0 aliphatic rings. The molecular weight excluding hydrogens is 368 g/mol. The molecule has 1 aromatic carbocycles. The number of imidazole rings is 1. The summed E-state index contributed by atoms with van der Waals surface area (Å²) in [4.78, 5) is 32.5. The van der Waals surface area contributed by atoms with Crippen LogP contribution in [0.25, 0.3) is 33.2 Å². The van der Waals surface area contributed by atoms with Crippen LogP contribution in [0, 0.1) is 0 Å². The maximum atomic E-state index is 12.6. The van der Waals surface area contributed by atoms with Gasteiger partial charge in [-0.3, -0.25) is 24.8 Å². The molecule has 9 heteroatoms. The van der Waals surface area contributed by atoms with Gasteiger partial charge in [-0.25, -0.2) is 4.98 Å². The van der Waals surface area contributed by atoms with Crippen LogP contribution in [0.2, 0.25) is 0 Å². The fourth-order valence-corrected chi connectivity index (χ4v) is 3.23. The molecule has 0 fully saturated rings. The molecule has 1 unspecified atom stereocenters. The lowest BCUT2D eigenvalue weighted by atomic mass is 10.1. The van der Waals surface area contributed by atoms with Crippen molar-refractivity contribution in [2.24, 2.45) is 0 Å². The van der Waals surface area contributed by atoms with Gasteiger partial charge in [-0.1, -0.05) is 0 Å². The quantitative estimate of drug-likeness (QED) is 0.437. The second kappa shape index (κ2) is 6.79. The lowest BCUT2D eigenvalue weighted by Gasteiger charge is -2.11. The first-order valence-electron chi connectivity index (χ1n) is 9.04. The first-order chi connectivity index (χ1) is 14.2. The van der Waals surface area contributed by atoms with Crippen molar-refractivity contribution in [3.8, 4) is 11.3 Å². The molecule has 0 aliphatic carbocycles. The second-order valence-corrected chi connectivity index (χ2v) is 6.63. The highest BCUT2D eigenvalue weighted by molar-refractivity contribution is 6.02. The third-order valence-electron chi connectivity index (χ3n) is 4.71. The Bertz CT molecular complexity index is 1310. The standard InChI is InChI=1S/C20H16N8O/c1-11(17-10-22-6-7-23-17)24-20(29)19-25-15-8-13-14(9-16(15)26-19)27-28-18(13)12-2-4-21-5-3-12/h2-11H,1H3,(H,24,29)(H,25,26)(H,27,28). The molecule has 3 N–H and O–H groups in total. The number of nitrogens with zero attached hydrogens (tertiary/aromatic N) is 5. The van der Waals surface area contributed by atoms with E-state index in [0.717, 1.165) is 27.7 Å². The number of carbonyl (C=O) groups excluding carboxylic acids is 1. The predicted molar refractivity (Wildman–Crippen MR) is 107 cm³/mol. The van der Waals surface area contributed by atoms with Crippen molar-refractivity contribution in [1.29, 1.82) is 0 Å². The van der Waals surface area contributed by atoms with Gasteiger partial charge >= 0.3 is 0 Å². The van der Waals surface area contributed by atoms with Gasteiger partial charge < -0.3 is 10.3 Å². The second-order valence-electron chi connectivity index (χ2n) is 6.63. The number of rotatable bonds is 4. The van der Waals surface area contributed by atoms with Gasteiger partial charge in [0.25, 0.3) is 5.91 Å². The summed E-state index contributed by atoms with van der Waals surface area (Å²) >= 11 is 0. The molecule has 1 atom stereocenters. The van der Waals surface area contributed by atoms with Crippen molar-refractivity contribution in [1.82, 2.24) is 40.4 Å². The van der Waals surface area contributed by atoms with Gasteiger partial charge in [0.1, 0.15) is 5.69 Å². The number of aromatic amines is 2. The van der Waals surface area contributed by atoms with Crippen LogP contribution in [0.4, 0.5) is 0 Å². The van der Waals surface area contributed by atoms with E-state index in [2.05, 4.69) is 40.4 Å². The van der Waals surface area contributed by atoms with Gasteiger partial charge in [-0.2, -0.15) is 5.10 Å². The minimum Gasteiger partial charge on any atom is -0.341 e. The van der Waals surface area contributed by atoms with E-state index in [-0.39, 0.29) is 17.8 Å². The highest BCUT2D eigenvalue weighted by atomic mass is 16.2. The van der Waals surface area contributed by atoms with Crippen LogP contribution in [-0.2, 0) is 0 Å². The third-order valence-corrected chi connectivity index (χ3v) is 4.71. The summed E-state index contributed by atoms with van der Waals surface area (Å²) in [5, 5.41) is 11.3. The summed E-state index contributed by atoms with van der Waals surface area (Å²) < 4.78 is 0. The highest BCUT2D eigenvalue weighted by Crippen LogP contribution is 2.28. The van der Waals surface area contributed by atoms with E-state index >= 15 is 0 Å². The zero-order valence-electron chi connectivity index (χ0n) is 15.4. The van der Waals surface area contributed by atoms with Crippen LogP contribution in [0.1, 0.15) is 29.3 Å². The van der Waals surface area contributed by atoms with E-state index in [1.54, 1.807) is 31.0 Å². The van der Waals surface area contributed by atoms with Crippen molar-refractivity contribution >= 4 is 27.8 Å². The number of benzene rings is 1. The Morgan fingerprint density at radius 3 is 2.72 bits per heavy atom. The lowest BCUT2D eigenvalue weighted by molar-refractivity contribution is 0.0930. The first kappa shape index (κ1) is 17.0. The zero-order chi connectivity index (χ0) is 19.8. The number of aromatic nitrogens is 7. The minimum atomic E-state index is -0.310. The maximum absolute atomic E-state index is 12.6. The van der Waals surface area contributed by atoms with E-state index in [4.69, 9.17) is 0 Å². The van der Waals surface area contributed by atoms with E-state index in [9.17, 15) is 4.79 Å². The topological polar surface area (TPSA) is 125 Å². The maximum Gasteiger partial charge on any atom is 0.287 e. The fraction of sp³-hybridized carbons (Fsp3) is 0.100. The van der Waals surface area contributed by atoms with Gasteiger partial charge in [0, 0.05) is 35.7 Å². The molecule has 29 heavy (non-hydrogen) atoms. The van der Waals surface area contributed by atoms with Crippen molar-refractivity contribution in [2.75, 3.05) is 0 Å². The number of pyridine rings is 1. The molecular formula is C20H16N8O. The molecule has 0 saturated heterocycles. The predicted octanol–water partition coefficient (Wildman–Crippen LogP) is 2.78. The van der Waals surface area contributed by atoms with Crippen LogP contribution >= 0.6 is 0 Å². The van der Waals surface area contributed by atoms with E-state index < -0.39 is 0 Å².